The van der Waals surface area contributed by atoms with E-state index in [0.29, 0.717) is 0 Å². The lowest BCUT2D eigenvalue weighted by Crippen LogP contribution is -2.28. The quantitative estimate of drug-likeness (QED) is 0.266. The summed E-state index contributed by atoms with van der Waals surface area (Å²) in [5.41, 5.74) is 5.85. The van der Waals surface area contributed by atoms with Crippen molar-refractivity contribution in [3.63, 3.8) is 0 Å². The molecule has 6 heavy (non-hydrogen) atoms. The third kappa shape index (κ3) is 5.38. The molecule has 0 aromatic heterocycles. The molecule has 2 N–H and O–H groups in total. The molecule has 2 nitrogen and oxygen atoms in total. The van der Waals surface area contributed by atoms with Crippen molar-refractivity contribution in [3.8, 4) is 0 Å². The summed E-state index contributed by atoms with van der Waals surface area (Å²) in [6.45, 7) is 0. The molecule has 4 heteroatoms. The summed E-state index contributed by atoms with van der Waals surface area (Å²) in [5.74, 6) is 0. The Morgan fingerprint density at radius 2 is 1.33 bits per heavy atom. The Kier molecular flexibility index (Phi) is 7.85. The fourth-order valence-corrected chi connectivity index (χ4v) is 0.634. The smallest absolute Gasteiger partial charge is 0.0619 e. The van der Waals surface area contributed by atoms with E-state index in [2.05, 4.69) is 56.0 Å². The standard InChI is InChI=1S/C2H6I2N2/c3-1-5-6-2-4/h5-6H,1-2H2. The van der Waals surface area contributed by atoms with Gasteiger partial charge in [0.15, 0.2) is 0 Å². The van der Waals surface area contributed by atoms with E-state index in [4.69, 9.17) is 0 Å². The molecule has 0 aliphatic carbocycles. The summed E-state index contributed by atoms with van der Waals surface area (Å²) in [6, 6.07) is 0. The molecule has 0 aromatic carbocycles. The Morgan fingerprint density at radius 3 is 1.50 bits per heavy atom. The highest BCUT2D eigenvalue weighted by atomic mass is 127. The molecule has 0 radical (unpaired) electrons. The Labute approximate surface area is 64.7 Å². The van der Waals surface area contributed by atoms with Gasteiger partial charge >= 0.3 is 0 Å². The number of hydrazine groups is 1. The van der Waals surface area contributed by atoms with Gasteiger partial charge in [0.05, 0.1) is 9.10 Å². The van der Waals surface area contributed by atoms with Gasteiger partial charge in [0.25, 0.3) is 0 Å². The lowest BCUT2D eigenvalue weighted by Gasteiger charge is -1.93. The fraction of sp³-hybridized carbons (Fsp3) is 1.00. The van der Waals surface area contributed by atoms with Crippen LogP contribution < -0.4 is 10.9 Å². The van der Waals surface area contributed by atoms with E-state index in [1.54, 1.807) is 0 Å². The van der Waals surface area contributed by atoms with Gasteiger partial charge in [0, 0.05) is 0 Å². The van der Waals surface area contributed by atoms with Crippen LogP contribution in [0.2, 0.25) is 0 Å². The zero-order valence-electron chi connectivity index (χ0n) is 3.17. The van der Waals surface area contributed by atoms with Gasteiger partial charge in [-0.2, -0.15) is 0 Å². The molecule has 0 aliphatic heterocycles. The van der Waals surface area contributed by atoms with E-state index in [0.717, 1.165) is 9.10 Å². The predicted molar refractivity (Wildman–Crippen MR) is 44.0 cm³/mol. The number of halogens is 2. The molecule has 0 aromatic rings. The van der Waals surface area contributed by atoms with Crippen molar-refractivity contribution >= 4 is 45.2 Å². The molecule has 0 unspecified atom stereocenters. The van der Waals surface area contributed by atoms with Crippen molar-refractivity contribution in [1.82, 2.24) is 10.9 Å². The first-order valence-corrected chi connectivity index (χ1v) is 4.54. The normalized spacial score (nSPS) is 9.00. The van der Waals surface area contributed by atoms with E-state index in [9.17, 15) is 0 Å². The molecule has 0 saturated heterocycles. The molecule has 0 spiro atoms. The summed E-state index contributed by atoms with van der Waals surface area (Å²) < 4.78 is 1.92. The summed E-state index contributed by atoms with van der Waals surface area (Å²) in [4.78, 5) is 0. The van der Waals surface area contributed by atoms with Crippen LogP contribution in [-0.4, -0.2) is 9.10 Å². The van der Waals surface area contributed by atoms with E-state index in [1.165, 1.54) is 0 Å². The predicted octanol–water partition coefficient (Wildman–Crippen LogP) is 0.866. The Bertz CT molecular complexity index is 21.5. The summed E-state index contributed by atoms with van der Waals surface area (Å²) >= 11 is 4.47. The summed E-state index contributed by atoms with van der Waals surface area (Å²) in [7, 11) is 0. The maximum Gasteiger partial charge on any atom is 0.0619 e. The van der Waals surface area contributed by atoms with E-state index >= 15 is 0 Å². The molecule has 0 aliphatic rings. The lowest BCUT2D eigenvalue weighted by molar-refractivity contribution is 0.675. The lowest BCUT2D eigenvalue weighted by atomic mass is 11.4. The molecule has 0 rings (SSSR count). The van der Waals surface area contributed by atoms with Crippen LogP contribution >= 0.6 is 45.2 Å². The van der Waals surface area contributed by atoms with Crippen molar-refractivity contribution in [3.05, 3.63) is 0 Å². The van der Waals surface area contributed by atoms with Crippen LogP contribution in [0, 0.1) is 0 Å². The molecule has 0 atom stereocenters. The third-order valence-corrected chi connectivity index (χ3v) is 1.02. The van der Waals surface area contributed by atoms with Gasteiger partial charge in [-0.1, -0.05) is 45.2 Å². The van der Waals surface area contributed by atoms with Gasteiger partial charge in [-0.15, -0.1) is 0 Å². The molecule has 0 amide bonds. The van der Waals surface area contributed by atoms with Crippen molar-refractivity contribution in [2.24, 2.45) is 0 Å². The first-order valence-electron chi connectivity index (χ1n) is 1.49. The van der Waals surface area contributed by atoms with Crippen molar-refractivity contribution in [1.29, 1.82) is 0 Å². The van der Waals surface area contributed by atoms with Crippen LogP contribution in [-0.2, 0) is 0 Å². The Hall–Kier alpha value is 1.38. The van der Waals surface area contributed by atoms with Crippen LogP contribution in [0.15, 0.2) is 0 Å². The second-order valence-electron chi connectivity index (χ2n) is 0.621. The monoisotopic (exact) mass is 312 g/mol. The minimum Gasteiger partial charge on any atom is -0.247 e. The largest absolute Gasteiger partial charge is 0.247 e. The number of hydrogen-bond donors (Lipinski definition) is 2. The van der Waals surface area contributed by atoms with Gasteiger partial charge in [-0.3, -0.25) is 0 Å². The summed E-state index contributed by atoms with van der Waals surface area (Å²) in [6.07, 6.45) is 0. The SMILES string of the molecule is ICNNCI. The van der Waals surface area contributed by atoms with Crippen LogP contribution in [0.4, 0.5) is 0 Å². The van der Waals surface area contributed by atoms with Gasteiger partial charge in [-0.05, 0) is 0 Å². The van der Waals surface area contributed by atoms with E-state index in [-0.39, 0.29) is 0 Å². The average Bonchev–Trinajstić information content (AvgIpc) is 1.61. The minimum atomic E-state index is 0.959. The molecule has 38 valence electrons. The van der Waals surface area contributed by atoms with Crippen LogP contribution in [0.3, 0.4) is 0 Å². The van der Waals surface area contributed by atoms with Gasteiger partial charge < -0.3 is 0 Å². The molecular weight excluding hydrogens is 306 g/mol. The first kappa shape index (κ1) is 7.38. The highest BCUT2D eigenvalue weighted by molar-refractivity contribution is 14.1. The molecule has 0 heterocycles. The molecule has 0 bridgehead atoms. The van der Waals surface area contributed by atoms with Crippen LogP contribution in [0.25, 0.3) is 0 Å². The van der Waals surface area contributed by atoms with Gasteiger partial charge in [-0.25, -0.2) is 10.9 Å². The van der Waals surface area contributed by atoms with Crippen molar-refractivity contribution in [2.75, 3.05) is 9.10 Å². The second-order valence-corrected chi connectivity index (χ2v) is 2.15. The van der Waals surface area contributed by atoms with Crippen molar-refractivity contribution < 1.29 is 0 Å². The maximum atomic E-state index is 2.93. The minimum absolute atomic E-state index is 0.959. The number of rotatable bonds is 3. The number of hydrogen-bond acceptors (Lipinski definition) is 2. The van der Waals surface area contributed by atoms with E-state index < -0.39 is 0 Å². The summed E-state index contributed by atoms with van der Waals surface area (Å²) in [5, 5.41) is 0. The number of alkyl halides is 2. The topological polar surface area (TPSA) is 24.1 Å². The molecular formula is C2H6I2N2. The van der Waals surface area contributed by atoms with Gasteiger partial charge in [0.2, 0.25) is 0 Å². The highest BCUT2D eigenvalue weighted by Crippen LogP contribution is 1.71. The van der Waals surface area contributed by atoms with Crippen LogP contribution in [0.5, 0.6) is 0 Å². The Balaban J connectivity index is 2.34. The molecule has 0 saturated carbocycles. The Morgan fingerprint density at radius 1 is 1.00 bits per heavy atom. The van der Waals surface area contributed by atoms with Crippen LogP contribution in [0.1, 0.15) is 0 Å². The second kappa shape index (κ2) is 6.38. The number of nitrogens with one attached hydrogen (secondary N) is 2. The zero-order valence-corrected chi connectivity index (χ0v) is 7.49. The van der Waals surface area contributed by atoms with E-state index in [1.807, 2.05) is 0 Å². The average molecular weight is 312 g/mol. The highest BCUT2D eigenvalue weighted by Gasteiger charge is 1.70. The maximum absolute atomic E-state index is 2.93. The fourth-order valence-electron chi connectivity index (χ4n) is 0.0945. The zero-order chi connectivity index (χ0) is 4.83. The van der Waals surface area contributed by atoms with Gasteiger partial charge in [0.1, 0.15) is 0 Å². The third-order valence-electron chi connectivity index (χ3n) is 0.259. The van der Waals surface area contributed by atoms with Crippen molar-refractivity contribution in [2.45, 2.75) is 0 Å². The first-order chi connectivity index (χ1) is 2.91. The molecule has 0 fully saturated rings.